The van der Waals surface area contributed by atoms with Crippen LogP contribution in [-0.4, -0.2) is 36.6 Å². The summed E-state index contributed by atoms with van der Waals surface area (Å²) in [6.45, 7) is 0.301. The first-order valence-electron chi connectivity index (χ1n) is 7.90. The Morgan fingerprint density at radius 2 is 2.08 bits per heavy atom. The fourth-order valence-corrected chi connectivity index (χ4v) is 3.41. The Morgan fingerprint density at radius 1 is 1.27 bits per heavy atom. The molecule has 26 heavy (non-hydrogen) atoms. The van der Waals surface area contributed by atoms with E-state index in [0.29, 0.717) is 23.6 Å². The van der Waals surface area contributed by atoms with E-state index >= 15 is 0 Å². The lowest BCUT2D eigenvalue weighted by Crippen LogP contribution is -2.30. The molecule has 0 N–H and O–H groups in total. The number of methoxy groups -OCH3 is 1. The first kappa shape index (κ1) is 17.7. The smallest absolute Gasteiger partial charge is 0.260 e. The summed E-state index contributed by atoms with van der Waals surface area (Å²) in [5.41, 5.74) is 1.40. The van der Waals surface area contributed by atoms with Crippen LogP contribution in [0.15, 0.2) is 42.5 Å². The maximum Gasteiger partial charge on any atom is 0.260 e. The lowest BCUT2D eigenvalue weighted by molar-refractivity contribution is -0.132. The minimum Gasteiger partial charge on any atom is -0.493 e. The van der Waals surface area contributed by atoms with Crippen molar-refractivity contribution in [2.75, 3.05) is 20.8 Å². The molecular formula is C19H17N3O3S. The number of hydrogen-bond donors (Lipinski definition) is 0. The van der Waals surface area contributed by atoms with E-state index in [1.54, 1.807) is 41.5 Å². The molecule has 6 nitrogen and oxygen atoms in total. The summed E-state index contributed by atoms with van der Waals surface area (Å²) in [6.07, 6.45) is 0. The summed E-state index contributed by atoms with van der Waals surface area (Å²) in [5, 5.41) is 9.79. The molecule has 0 aliphatic carbocycles. The summed E-state index contributed by atoms with van der Waals surface area (Å²) < 4.78 is 11.9. The average Bonchev–Trinajstić information content (AvgIpc) is 3.08. The summed E-state index contributed by atoms with van der Waals surface area (Å²) in [7, 11) is 3.21. The Morgan fingerprint density at radius 3 is 2.81 bits per heavy atom. The standard InChI is InChI=1S/C19H17N3O3S/c1-22(11-18-21-14-5-3-4-6-17(14)26-18)19(23)12-25-15-8-7-13(10-20)9-16(15)24-2/h3-9H,11-12H2,1-2H3. The van der Waals surface area contributed by atoms with Crippen LogP contribution in [0.2, 0.25) is 0 Å². The zero-order valence-corrected chi connectivity index (χ0v) is 15.2. The van der Waals surface area contributed by atoms with Gasteiger partial charge in [0.15, 0.2) is 18.1 Å². The number of para-hydroxylation sites is 1. The molecule has 0 aliphatic heterocycles. The van der Waals surface area contributed by atoms with Crippen molar-refractivity contribution in [2.24, 2.45) is 0 Å². The van der Waals surface area contributed by atoms with Gasteiger partial charge < -0.3 is 14.4 Å². The van der Waals surface area contributed by atoms with E-state index in [0.717, 1.165) is 15.2 Å². The number of fused-ring (bicyclic) bond motifs is 1. The highest BCUT2D eigenvalue weighted by Crippen LogP contribution is 2.28. The van der Waals surface area contributed by atoms with Crippen LogP contribution in [0.1, 0.15) is 10.6 Å². The fourth-order valence-electron chi connectivity index (χ4n) is 2.38. The van der Waals surface area contributed by atoms with Crippen molar-refractivity contribution in [1.29, 1.82) is 5.26 Å². The van der Waals surface area contributed by atoms with Crippen LogP contribution in [0.3, 0.4) is 0 Å². The van der Waals surface area contributed by atoms with E-state index in [1.165, 1.54) is 7.11 Å². The Bertz CT molecular complexity index is 945. The second-order valence-electron chi connectivity index (χ2n) is 5.59. The van der Waals surface area contributed by atoms with Gasteiger partial charge >= 0.3 is 0 Å². The van der Waals surface area contributed by atoms with Crippen molar-refractivity contribution in [1.82, 2.24) is 9.88 Å². The number of carbonyl (C=O) groups excluding carboxylic acids is 1. The van der Waals surface area contributed by atoms with Crippen molar-refractivity contribution >= 4 is 27.5 Å². The molecule has 0 atom stereocenters. The number of nitriles is 1. The highest BCUT2D eigenvalue weighted by Gasteiger charge is 2.14. The number of thiazole rings is 1. The summed E-state index contributed by atoms with van der Waals surface area (Å²) in [5.74, 6) is 0.676. The minimum atomic E-state index is -0.171. The lowest BCUT2D eigenvalue weighted by Gasteiger charge is -2.17. The maximum atomic E-state index is 12.3. The Labute approximate surface area is 155 Å². The van der Waals surface area contributed by atoms with Crippen LogP contribution in [-0.2, 0) is 11.3 Å². The van der Waals surface area contributed by atoms with Gasteiger partial charge in [0, 0.05) is 13.1 Å². The number of likely N-dealkylation sites (N-methyl/N-ethyl adjacent to an activating group) is 1. The van der Waals surface area contributed by atoms with Gasteiger partial charge in [-0.1, -0.05) is 12.1 Å². The molecule has 3 aromatic rings. The highest BCUT2D eigenvalue weighted by atomic mass is 32.1. The Hall–Kier alpha value is -3.11. The maximum absolute atomic E-state index is 12.3. The summed E-state index contributed by atoms with van der Waals surface area (Å²) >= 11 is 1.57. The summed E-state index contributed by atoms with van der Waals surface area (Å²) in [6, 6.07) is 14.7. The Balaban J connectivity index is 1.62. The molecule has 0 spiro atoms. The van der Waals surface area contributed by atoms with Crippen molar-refractivity contribution in [2.45, 2.75) is 6.54 Å². The molecule has 7 heteroatoms. The van der Waals surface area contributed by atoms with E-state index in [4.69, 9.17) is 14.7 Å². The number of rotatable bonds is 6. The van der Waals surface area contributed by atoms with Gasteiger partial charge in [-0.25, -0.2) is 4.98 Å². The number of benzene rings is 2. The van der Waals surface area contributed by atoms with Gasteiger partial charge in [-0.2, -0.15) is 5.26 Å². The third kappa shape index (κ3) is 3.92. The van der Waals surface area contributed by atoms with Gasteiger partial charge in [-0.3, -0.25) is 4.79 Å². The minimum absolute atomic E-state index is 0.121. The number of amides is 1. The molecule has 0 saturated carbocycles. The van der Waals surface area contributed by atoms with Gasteiger partial charge in [0.25, 0.3) is 5.91 Å². The number of hydrogen-bond acceptors (Lipinski definition) is 6. The van der Waals surface area contributed by atoms with E-state index in [1.807, 2.05) is 30.3 Å². The quantitative estimate of drug-likeness (QED) is 0.669. The van der Waals surface area contributed by atoms with E-state index < -0.39 is 0 Å². The predicted molar refractivity (Wildman–Crippen MR) is 99.3 cm³/mol. The third-order valence-corrected chi connectivity index (χ3v) is 4.80. The predicted octanol–water partition coefficient (Wildman–Crippen LogP) is 3.21. The number of ether oxygens (including phenoxy) is 2. The lowest BCUT2D eigenvalue weighted by atomic mass is 10.2. The number of nitrogens with zero attached hydrogens (tertiary/aromatic N) is 3. The van der Waals surface area contributed by atoms with Crippen molar-refractivity contribution in [3.05, 3.63) is 53.0 Å². The molecule has 1 heterocycles. The van der Waals surface area contributed by atoms with Crippen LogP contribution in [0.5, 0.6) is 11.5 Å². The molecule has 1 aromatic heterocycles. The molecule has 0 unspecified atom stereocenters. The SMILES string of the molecule is COc1cc(C#N)ccc1OCC(=O)N(C)Cc1nc2ccccc2s1. The van der Waals surface area contributed by atoms with E-state index in [9.17, 15) is 4.79 Å². The molecule has 0 aliphatic rings. The Kier molecular flexibility index (Phi) is 5.34. The third-order valence-electron chi connectivity index (χ3n) is 3.78. The van der Waals surface area contributed by atoms with Crippen LogP contribution < -0.4 is 9.47 Å². The molecule has 0 bridgehead atoms. The highest BCUT2D eigenvalue weighted by molar-refractivity contribution is 7.18. The van der Waals surface area contributed by atoms with Crippen LogP contribution in [0, 0.1) is 11.3 Å². The first-order chi connectivity index (χ1) is 12.6. The molecule has 0 fully saturated rings. The van der Waals surface area contributed by atoms with Gasteiger partial charge in [0.2, 0.25) is 0 Å². The molecule has 0 radical (unpaired) electrons. The average molecular weight is 367 g/mol. The van der Waals surface area contributed by atoms with E-state index in [2.05, 4.69) is 4.98 Å². The number of carbonyl (C=O) groups is 1. The molecular weight excluding hydrogens is 350 g/mol. The van der Waals surface area contributed by atoms with Crippen LogP contribution in [0.4, 0.5) is 0 Å². The van der Waals surface area contributed by atoms with Gasteiger partial charge in [-0.05, 0) is 24.3 Å². The monoisotopic (exact) mass is 367 g/mol. The normalized spacial score (nSPS) is 10.3. The second kappa shape index (κ2) is 7.85. The van der Waals surface area contributed by atoms with Crippen molar-refractivity contribution in [3.63, 3.8) is 0 Å². The fraction of sp³-hybridized carbons (Fsp3) is 0.211. The molecule has 1 amide bonds. The zero-order valence-electron chi connectivity index (χ0n) is 14.4. The van der Waals surface area contributed by atoms with Crippen LogP contribution in [0.25, 0.3) is 10.2 Å². The number of aromatic nitrogens is 1. The molecule has 2 aromatic carbocycles. The second-order valence-corrected chi connectivity index (χ2v) is 6.71. The topological polar surface area (TPSA) is 75.5 Å². The summed E-state index contributed by atoms with van der Waals surface area (Å²) in [4.78, 5) is 18.5. The van der Waals surface area contributed by atoms with Crippen LogP contribution >= 0.6 is 11.3 Å². The molecule has 3 rings (SSSR count). The largest absolute Gasteiger partial charge is 0.493 e. The zero-order chi connectivity index (χ0) is 18.5. The van der Waals surface area contributed by atoms with Gasteiger partial charge in [-0.15, -0.1) is 11.3 Å². The van der Waals surface area contributed by atoms with E-state index in [-0.39, 0.29) is 12.5 Å². The van der Waals surface area contributed by atoms with Gasteiger partial charge in [0.1, 0.15) is 5.01 Å². The molecule has 0 saturated heterocycles. The van der Waals surface area contributed by atoms with Crippen molar-refractivity contribution < 1.29 is 14.3 Å². The van der Waals surface area contributed by atoms with Crippen molar-refractivity contribution in [3.8, 4) is 17.6 Å². The van der Waals surface area contributed by atoms with Gasteiger partial charge in [0.05, 0.1) is 35.5 Å². The first-order valence-corrected chi connectivity index (χ1v) is 8.71. The molecule has 132 valence electrons.